The van der Waals surface area contributed by atoms with Gasteiger partial charge in [-0.05, 0) is 44.9 Å². The number of carbonyl (C=O) groups is 2. The second kappa shape index (κ2) is 8.86. The van der Waals surface area contributed by atoms with Crippen molar-refractivity contribution in [3.63, 3.8) is 0 Å². The molecule has 1 aromatic carbocycles. The van der Waals surface area contributed by atoms with E-state index in [0.29, 0.717) is 6.42 Å². The average molecular weight is 429 g/mol. The van der Waals surface area contributed by atoms with Crippen LogP contribution < -0.4 is 5.32 Å². The zero-order valence-electron chi connectivity index (χ0n) is 17.1. The first-order chi connectivity index (χ1) is 14.7. The molecule has 0 saturated heterocycles. The Kier molecular flexibility index (Phi) is 6.23. The lowest BCUT2D eigenvalue weighted by atomic mass is 10.1. The first-order valence-corrected chi connectivity index (χ1v) is 9.37. The van der Waals surface area contributed by atoms with Crippen LogP contribution in [0.15, 0.2) is 24.3 Å². The summed E-state index contributed by atoms with van der Waals surface area (Å²) in [4.78, 5) is 38.4. The second-order valence-electron chi connectivity index (χ2n) is 6.95. The van der Waals surface area contributed by atoms with Crippen molar-refractivity contribution in [2.75, 3.05) is 11.9 Å². The summed E-state index contributed by atoms with van der Waals surface area (Å²) in [5.74, 6) is -2.30. The first kappa shape index (κ1) is 21.8. The van der Waals surface area contributed by atoms with Crippen LogP contribution in [0.25, 0.3) is 5.65 Å². The maximum atomic E-state index is 13.3. The summed E-state index contributed by atoms with van der Waals surface area (Å²) in [7, 11) is 0. The lowest BCUT2D eigenvalue weighted by Gasteiger charge is -2.11. The fraction of sp³-hybridized carbons (Fsp3) is 0.300. The van der Waals surface area contributed by atoms with E-state index >= 15 is 0 Å². The van der Waals surface area contributed by atoms with E-state index in [2.05, 4.69) is 15.4 Å². The monoisotopic (exact) mass is 429 g/mol. The van der Waals surface area contributed by atoms with Gasteiger partial charge >= 0.3 is 11.7 Å². The van der Waals surface area contributed by atoms with Crippen LogP contribution in [0.3, 0.4) is 0 Å². The number of hydrogen-bond donors (Lipinski definition) is 1. The van der Waals surface area contributed by atoms with Gasteiger partial charge in [-0.25, -0.2) is 9.50 Å². The quantitative estimate of drug-likeness (QED) is 0.347. The fourth-order valence-corrected chi connectivity index (χ4v) is 3.18. The minimum atomic E-state index is -1.02. The van der Waals surface area contributed by atoms with Gasteiger partial charge in [0.1, 0.15) is 0 Å². The number of fused-ring (bicyclic) bond motifs is 1. The Morgan fingerprint density at radius 1 is 1.26 bits per heavy atom. The number of carbonyl (C=O) groups excluding carboxylic acids is 2. The highest BCUT2D eigenvalue weighted by molar-refractivity contribution is 5.93. The highest BCUT2D eigenvalue weighted by atomic mass is 19.1. The number of nitro groups is 1. The van der Waals surface area contributed by atoms with Gasteiger partial charge in [-0.15, -0.1) is 0 Å². The van der Waals surface area contributed by atoms with Crippen molar-refractivity contribution in [3.05, 3.63) is 62.8 Å². The van der Waals surface area contributed by atoms with E-state index < -0.39 is 34.9 Å². The molecule has 1 N–H and O–H groups in total. The summed E-state index contributed by atoms with van der Waals surface area (Å²) in [6, 6.07) is 4.80. The van der Waals surface area contributed by atoms with Crippen LogP contribution in [0.5, 0.6) is 0 Å². The topological polar surface area (TPSA) is 129 Å². The molecule has 0 radical (unpaired) electrons. The van der Waals surface area contributed by atoms with Crippen LogP contribution in [0.1, 0.15) is 29.1 Å². The van der Waals surface area contributed by atoms with E-state index in [1.54, 1.807) is 4.52 Å². The molecule has 162 valence electrons. The number of nitrogens with zero attached hydrogens (tertiary/aromatic N) is 4. The third-order valence-corrected chi connectivity index (χ3v) is 4.66. The van der Waals surface area contributed by atoms with E-state index in [-0.39, 0.29) is 12.1 Å². The minimum absolute atomic E-state index is 0.0225. The maximum Gasteiger partial charge on any atom is 0.306 e. The predicted molar refractivity (Wildman–Crippen MR) is 108 cm³/mol. The fourth-order valence-electron chi connectivity index (χ4n) is 3.18. The molecule has 0 aliphatic carbocycles. The minimum Gasteiger partial charge on any atom is -0.456 e. The number of nitro benzene ring substituents is 1. The Morgan fingerprint density at radius 3 is 2.71 bits per heavy atom. The highest BCUT2D eigenvalue weighted by Gasteiger charge is 2.17. The van der Waals surface area contributed by atoms with E-state index in [1.165, 1.54) is 6.07 Å². The zero-order valence-corrected chi connectivity index (χ0v) is 17.1. The van der Waals surface area contributed by atoms with Crippen LogP contribution in [0.2, 0.25) is 0 Å². The van der Waals surface area contributed by atoms with Gasteiger partial charge < -0.3 is 10.1 Å². The van der Waals surface area contributed by atoms with Gasteiger partial charge in [0.2, 0.25) is 5.82 Å². The Bertz CT molecular complexity index is 1190. The van der Waals surface area contributed by atoms with Crippen LogP contribution in [-0.2, 0) is 20.7 Å². The molecule has 3 rings (SSSR count). The molecule has 10 nitrogen and oxygen atoms in total. The maximum absolute atomic E-state index is 13.3. The molecule has 0 atom stereocenters. The van der Waals surface area contributed by atoms with Crippen LogP contribution in [-0.4, -0.2) is 38.0 Å². The number of ether oxygens (including phenoxy) is 1. The highest BCUT2D eigenvalue weighted by Crippen LogP contribution is 2.21. The molecule has 0 spiro atoms. The van der Waals surface area contributed by atoms with Crippen molar-refractivity contribution in [2.45, 2.75) is 33.6 Å². The van der Waals surface area contributed by atoms with Crippen molar-refractivity contribution in [1.82, 2.24) is 14.6 Å². The van der Waals surface area contributed by atoms with Crippen molar-refractivity contribution < 1.29 is 23.6 Å². The van der Waals surface area contributed by atoms with Crippen molar-refractivity contribution in [2.24, 2.45) is 0 Å². The Hall–Kier alpha value is -3.89. The third kappa shape index (κ3) is 5.00. The lowest BCUT2D eigenvalue weighted by Crippen LogP contribution is -2.21. The van der Waals surface area contributed by atoms with E-state index in [0.717, 1.165) is 40.4 Å². The molecule has 0 saturated carbocycles. The number of aromatic nitrogens is 3. The number of benzene rings is 1. The number of amides is 1. The Balaban J connectivity index is 1.55. The van der Waals surface area contributed by atoms with E-state index in [1.807, 2.05) is 26.8 Å². The summed E-state index contributed by atoms with van der Waals surface area (Å²) in [6.45, 7) is 5.04. The van der Waals surface area contributed by atoms with E-state index in [4.69, 9.17) is 4.74 Å². The molecule has 0 bridgehead atoms. The van der Waals surface area contributed by atoms with E-state index in [9.17, 15) is 24.1 Å². The second-order valence-corrected chi connectivity index (χ2v) is 6.95. The lowest BCUT2D eigenvalue weighted by molar-refractivity contribution is -0.387. The van der Waals surface area contributed by atoms with Gasteiger partial charge in [0.15, 0.2) is 12.3 Å². The number of esters is 1. The van der Waals surface area contributed by atoms with Crippen LogP contribution in [0.4, 0.5) is 15.8 Å². The van der Waals surface area contributed by atoms with Crippen molar-refractivity contribution in [1.29, 1.82) is 0 Å². The molecule has 3 aromatic rings. The SMILES string of the molecule is Cc1cc2nc(C)c(CCC(=O)OCC(=O)Nc3ccc(F)c([N+](=O)[O-])c3)c(C)n2n1. The molecule has 11 heteroatoms. The van der Waals surface area contributed by atoms with Gasteiger partial charge in [0.25, 0.3) is 5.91 Å². The molecule has 0 fully saturated rings. The van der Waals surface area contributed by atoms with Gasteiger partial charge in [0.05, 0.1) is 10.6 Å². The standard InChI is InChI=1S/C20H20FN5O5/c1-11-8-18-22-12(2)15(13(3)25(18)24-11)5-7-20(28)31-10-19(27)23-14-4-6-16(21)17(9-14)26(29)30/h4,6,8-9H,5,7,10H2,1-3H3,(H,23,27). The smallest absolute Gasteiger partial charge is 0.306 e. The molecule has 0 aliphatic rings. The third-order valence-electron chi connectivity index (χ3n) is 4.66. The zero-order chi connectivity index (χ0) is 22.7. The first-order valence-electron chi connectivity index (χ1n) is 9.37. The number of rotatable bonds is 7. The number of aryl methyl sites for hydroxylation is 3. The molecule has 2 aromatic heterocycles. The molecule has 31 heavy (non-hydrogen) atoms. The molecule has 2 heterocycles. The van der Waals surface area contributed by atoms with Crippen LogP contribution >= 0.6 is 0 Å². The van der Waals surface area contributed by atoms with Crippen molar-refractivity contribution in [3.8, 4) is 0 Å². The Labute approximate surface area is 176 Å². The predicted octanol–water partition coefficient (Wildman–Crippen LogP) is 2.82. The van der Waals surface area contributed by atoms with Gasteiger partial charge in [-0.2, -0.15) is 9.49 Å². The number of hydrogen-bond acceptors (Lipinski definition) is 7. The molecular weight excluding hydrogens is 409 g/mol. The number of anilines is 1. The summed E-state index contributed by atoms with van der Waals surface area (Å²) >= 11 is 0. The van der Waals surface area contributed by atoms with Crippen LogP contribution in [0, 0.1) is 36.7 Å². The summed E-state index contributed by atoms with van der Waals surface area (Å²) < 4.78 is 20.0. The largest absolute Gasteiger partial charge is 0.456 e. The van der Waals surface area contributed by atoms with Gasteiger partial charge in [0, 0.05) is 35.6 Å². The van der Waals surface area contributed by atoms with Gasteiger partial charge in [-0.3, -0.25) is 19.7 Å². The average Bonchev–Trinajstić information content (AvgIpc) is 3.07. The number of nitrogens with one attached hydrogen (secondary N) is 1. The molecule has 0 unspecified atom stereocenters. The van der Waals surface area contributed by atoms with Crippen molar-refractivity contribution >= 4 is 28.9 Å². The summed E-state index contributed by atoms with van der Waals surface area (Å²) in [5.41, 5.74) is 3.36. The molecule has 1 amide bonds. The molecule has 0 aliphatic heterocycles. The summed E-state index contributed by atoms with van der Waals surface area (Å²) in [6.07, 6.45) is 0.397. The molecular formula is C20H20FN5O5. The normalized spacial score (nSPS) is 10.8. The summed E-state index contributed by atoms with van der Waals surface area (Å²) in [5, 5.41) is 17.5. The Morgan fingerprint density at radius 2 is 2.00 bits per heavy atom. The number of halogens is 1. The van der Waals surface area contributed by atoms with Gasteiger partial charge in [-0.1, -0.05) is 0 Å².